The maximum atomic E-state index is 14.0. The van der Waals surface area contributed by atoms with E-state index in [1.54, 1.807) is 20.8 Å². The zero-order valence-electron chi connectivity index (χ0n) is 14.2. The van der Waals surface area contributed by atoms with Gasteiger partial charge in [-0.3, -0.25) is 4.90 Å². The third-order valence-corrected chi connectivity index (χ3v) is 3.77. The van der Waals surface area contributed by atoms with Gasteiger partial charge in [0.25, 0.3) is 0 Å². The van der Waals surface area contributed by atoms with E-state index >= 15 is 0 Å². The van der Waals surface area contributed by atoms with Crippen LogP contribution in [0.1, 0.15) is 38.8 Å². The first-order valence-electron chi connectivity index (χ1n) is 7.99. The minimum atomic E-state index is -0.612. The molecule has 1 amide bonds. The molecule has 0 spiro atoms. The number of nitrogens with one attached hydrogen (secondary N) is 1. The molecule has 2 rings (SSSR count). The number of alkyl carbamates (subject to hydrolysis) is 1. The Morgan fingerprint density at radius 2 is 2.12 bits per heavy atom. The second-order valence-corrected chi connectivity index (χ2v) is 6.99. The van der Waals surface area contributed by atoms with Gasteiger partial charge < -0.3 is 15.2 Å². The minimum absolute atomic E-state index is 0.226. The van der Waals surface area contributed by atoms with Gasteiger partial charge in [0, 0.05) is 31.2 Å². The molecule has 7 heteroatoms. The molecule has 0 aliphatic carbocycles. The van der Waals surface area contributed by atoms with Gasteiger partial charge in [0.2, 0.25) is 0 Å². The maximum Gasteiger partial charge on any atom is 0.407 e. The summed E-state index contributed by atoms with van der Waals surface area (Å²) < 4.78 is 32.6. The lowest BCUT2D eigenvalue weighted by molar-refractivity contribution is 0.0520. The monoisotopic (exact) mass is 342 g/mol. The number of hydrogen-bond acceptors (Lipinski definition) is 4. The first kappa shape index (κ1) is 18.6. The van der Waals surface area contributed by atoms with E-state index in [1.165, 1.54) is 0 Å². The molecule has 134 valence electrons. The summed E-state index contributed by atoms with van der Waals surface area (Å²) in [4.78, 5) is 13.5. The average Bonchev–Trinajstić information content (AvgIpc) is 2.80. The molecule has 1 heterocycles. The first-order valence-corrected chi connectivity index (χ1v) is 7.99. The lowest BCUT2D eigenvalue weighted by Gasteiger charge is -2.25. The number of ether oxygens (including phenoxy) is 1. The Kier molecular flexibility index (Phi) is 5.77. The smallest absolute Gasteiger partial charge is 0.407 e. The Hall–Kier alpha value is -1.73. The topological polar surface area (TPSA) is 61.8 Å². The number of benzene rings is 1. The summed E-state index contributed by atoms with van der Waals surface area (Å²) in [5.41, 5.74) is -0.356. The third kappa shape index (κ3) is 5.14. The van der Waals surface area contributed by atoms with E-state index in [1.807, 2.05) is 4.90 Å². The number of carbonyl (C=O) groups excluding carboxylic acids is 1. The number of nitrogens with zero attached hydrogens (tertiary/aromatic N) is 1. The average molecular weight is 342 g/mol. The quantitative estimate of drug-likeness (QED) is 0.883. The standard InChI is InChI=1S/C17H24F2N2O3/c1-17(2,3)24-16(23)20-6-7-21-10-12(22)9-15(21)13-8-11(18)4-5-14(13)19/h4-5,8,12,15,22H,6-7,9-10H2,1-3H3,(H,20,23)/t12-,15-/m0/s1. The number of carbonyl (C=O) groups is 1. The van der Waals surface area contributed by atoms with Crippen LogP contribution >= 0.6 is 0 Å². The molecule has 0 radical (unpaired) electrons. The normalized spacial score (nSPS) is 21.8. The summed E-state index contributed by atoms with van der Waals surface area (Å²) in [5, 5.41) is 12.5. The van der Waals surface area contributed by atoms with E-state index < -0.39 is 35.5 Å². The van der Waals surface area contributed by atoms with Gasteiger partial charge in [-0.15, -0.1) is 0 Å². The fourth-order valence-corrected chi connectivity index (χ4v) is 2.84. The predicted octanol–water partition coefficient (Wildman–Crippen LogP) is 2.60. The molecular formula is C17H24F2N2O3. The van der Waals surface area contributed by atoms with Crippen LogP contribution in [0.15, 0.2) is 18.2 Å². The Morgan fingerprint density at radius 1 is 1.42 bits per heavy atom. The predicted molar refractivity (Wildman–Crippen MR) is 85.5 cm³/mol. The number of aliphatic hydroxyl groups excluding tert-OH is 1. The van der Waals surface area contributed by atoms with E-state index in [9.17, 15) is 18.7 Å². The molecule has 24 heavy (non-hydrogen) atoms. The van der Waals surface area contributed by atoms with Crippen LogP contribution in [-0.2, 0) is 4.74 Å². The molecule has 0 unspecified atom stereocenters. The fraction of sp³-hybridized carbons (Fsp3) is 0.588. The molecule has 1 aliphatic heterocycles. The van der Waals surface area contributed by atoms with Gasteiger partial charge in [-0.1, -0.05) is 0 Å². The number of amides is 1. The van der Waals surface area contributed by atoms with Crippen molar-refractivity contribution in [3.05, 3.63) is 35.4 Å². The molecule has 0 saturated carbocycles. The van der Waals surface area contributed by atoms with Crippen LogP contribution in [-0.4, -0.2) is 47.4 Å². The van der Waals surface area contributed by atoms with Crippen molar-refractivity contribution in [1.82, 2.24) is 10.2 Å². The van der Waals surface area contributed by atoms with Crippen LogP contribution in [0.25, 0.3) is 0 Å². The van der Waals surface area contributed by atoms with Crippen molar-refractivity contribution in [2.75, 3.05) is 19.6 Å². The highest BCUT2D eigenvalue weighted by atomic mass is 19.1. The second-order valence-electron chi connectivity index (χ2n) is 6.99. The molecule has 1 fully saturated rings. The zero-order valence-corrected chi connectivity index (χ0v) is 14.2. The Morgan fingerprint density at radius 3 is 2.79 bits per heavy atom. The van der Waals surface area contributed by atoms with Crippen LogP contribution < -0.4 is 5.32 Å². The van der Waals surface area contributed by atoms with Crippen molar-refractivity contribution in [2.45, 2.75) is 44.9 Å². The van der Waals surface area contributed by atoms with Gasteiger partial charge in [0.1, 0.15) is 17.2 Å². The summed E-state index contributed by atoms with van der Waals surface area (Å²) in [6.45, 7) is 6.34. The van der Waals surface area contributed by atoms with Crippen LogP contribution in [0.5, 0.6) is 0 Å². The van der Waals surface area contributed by atoms with Crippen molar-refractivity contribution in [2.24, 2.45) is 0 Å². The summed E-state index contributed by atoms with van der Waals surface area (Å²) in [6, 6.07) is 2.90. The Balaban J connectivity index is 1.96. The molecule has 1 saturated heterocycles. The number of aliphatic hydroxyl groups is 1. The molecule has 2 N–H and O–H groups in total. The van der Waals surface area contributed by atoms with E-state index in [-0.39, 0.29) is 12.1 Å². The van der Waals surface area contributed by atoms with Crippen molar-refractivity contribution in [1.29, 1.82) is 0 Å². The minimum Gasteiger partial charge on any atom is -0.444 e. The number of halogens is 2. The lowest BCUT2D eigenvalue weighted by atomic mass is 10.0. The molecule has 1 aromatic carbocycles. The van der Waals surface area contributed by atoms with Crippen molar-refractivity contribution in [3.63, 3.8) is 0 Å². The molecular weight excluding hydrogens is 318 g/mol. The van der Waals surface area contributed by atoms with E-state index in [0.717, 1.165) is 18.2 Å². The first-order chi connectivity index (χ1) is 11.2. The Labute approximate surface area is 140 Å². The number of β-amino-alcohol motifs (C(OH)–C–C–N with tert-alkyl or cyclic N) is 1. The van der Waals surface area contributed by atoms with E-state index in [0.29, 0.717) is 19.5 Å². The molecule has 5 nitrogen and oxygen atoms in total. The second kappa shape index (κ2) is 7.44. The van der Waals surface area contributed by atoms with Crippen LogP contribution in [0.2, 0.25) is 0 Å². The third-order valence-electron chi connectivity index (χ3n) is 3.77. The largest absolute Gasteiger partial charge is 0.444 e. The number of hydrogen-bond donors (Lipinski definition) is 2. The Bertz CT molecular complexity index is 590. The van der Waals surface area contributed by atoms with Crippen molar-refractivity contribution >= 4 is 6.09 Å². The van der Waals surface area contributed by atoms with Crippen LogP contribution in [0, 0.1) is 11.6 Å². The van der Waals surface area contributed by atoms with Gasteiger partial charge in [0.15, 0.2) is 0 Å². The van der Waals surface area contributed by atoms with E-state index in [4.69, 9.17) is 4.74 Å². The summed E-state index contributed by atoms with van der Waals surface area (Å²) in [5.74, 6) is -1.01. The van der Waals surface area contributed by atoms with Gasteiger partial charge >= 0.3 is 6.09 Å². The highest BCUT2D eigenvalue weighted by Gasteiger charge is 2.33. The van der Waals surface area contributed by atoms with Gasteiger partial charge in [-0.05, 0) is 45.4 Å². The molecule has 0 bridgehead atoms. The van der Waals surface area contributed by atoms with Crippen LogP contribution in [0.3, 0.4) is 0 Å². The van der Waals surface area contributed by atoms with Crippen molar-refractivity contribution < 1.29 is 23.4 Å². The summed E-state index contributed by atoms with van der Waals surface area (Å²) >= 11 is 0. The molecule has 2 atom stereocenters. The number of likely N-dealkylation sites (tertiary alicyclic amines) is 1. The van der Waals surface area contributed by atoms with E-state index in [2.05, 4.69) is 5.32 Å². The highest BCUT2D eigenvalue weighted by molar-refractivity contribution is 5.67. The SMILES string of the molecule is CC(C)(C)OC(=O)NCCN1C[C@@H](O)C[C@H]1c1cc(F)ccc1F. The van der Waals surface area contributed by atoms with Gasteiger partial charge in [-0.2, -0.15) is 0 Å². The molecule has 1 aromatic rings. The van der Waals surface area contributed by atoms with Crippen molar-refractivity contribution in [3.8, 4) is 0 Å². The molecule has 0 aromatic heterocycles. The summed E-state index contributed by atoms with van der Waals surface area (Å²) in [7, 11) is 0. The summed E-state index contributed by atoms with van der Waals surface area (Å²) in [6.07, 6.45) is -0.817. The zero-order chi connectivity index (χ0) is 17.9. The van der Waals surface area contributed by atoms with Gasteiger partial charge in [-0.25, -0.2) is 13.6 Å². The van der Waals surface area contributed by atoms with Gasteiger partial charge in [0.05, 0.1) is 6.10 Å². The molecule has 1 aliphatic rings. The maximum absolute atomic E-state index is 14.0. The fourth-order valence-electron chi connectivity index (χ4n) is 2.84. The highest BCUT2D eigenvalue weighted by Crippen LogP contribution is 2.33. The lowest BCUT2D eigenvalue weighted by Crippen LogP contribution is -2.38. The number of rotatable bonds is 4. The van der Waals surface area contributed by atoms with Crippen LogP contribution in [0.4, 0.5) is 13.6 Å².